The summed E-state index contributed by atoms with van der Waals surface area (Å²) in [6.45, 7) is 9.07. The molecule has 0 saturated heterocycles. The summed E-state index contributed by atoms with van der Waals surface area (Å²) < 4.78 is 0. The summed E-state index contributed by atoms with van der Waals surface area (Å²) in [5.41, 5.74) is 0. The average Bonchev–Trinajstić information content (AvgIpc) is 1.87. The van der Waals surface area contributed by atoms with Crippen LogP contribution in [0.4, 0.5) is 0 Å². The molecule has 2 atom stereocenters. The van der Waals surface area contributed by atoms with Crippen LogP contribution >= 0.6 is 0 Å². The third kappa shape index (κ3) is 5.22. The fraction of sp³-hybridized carbons (Fsp3) is 1.00. The van der Waals surface area contributed by atoms with E-state index in [-0.39, 0.29) is 6.10 Å². The molecule has 0 aromatic carbocycles. The van der Waals surface area contributed by atoms with Gasteiger partial charge in [0.05, 0.1) is 6.10 Å². The Bertz CT molecular complexity index is 91.6. The lowest BCUT2D eigenvalue weighted by molar-refractivity contribution is 0.180. The first-order valence-corrected chi connectivity index (χ1v) is 4.49. The van der Waals surface area contributed by atoms with Gasteiger partial charge in [0.15, 0.2) is 0 Å². The van der Waals surface area contributed by atoms with E-state index >= 15 is 0 Å². The maximum atomic E-state index is 9.02. The highest BCUT2D eigenvalue weighted by Crippen LogP contribution is 2.04. The zero-order valence-electron chi connectivity index (χ0n) is 8.09. The second-order valence-electron chi connectivity index (χ2n) is 3.52. The molecule has 0 aromatic heterocycles. The smallest absolute Gasteiger partial charge is 0.0636 e. The van der Waals surface area contributed by atoms with Crippen LogP contribution in [-0.2, 0) is 0 Å². The molecule has 0 radical (unpaired) electrons. The van der Waals surface area contributed by atoms with E-state index in [1.54, 1.807) is 6.92 Å². The van der Waals surface area contributed by atoms with Crippen LogP contribution in [0.5, 0.6) is 0 Å². The van der Waals surface area contributed by atoms with Crippen LogP contribution in [0.1, 0.15) is 34.1 Å². The fourth-order valence-electron chi connectivity index (χ4n) is 1.17. The van der Waals surface area contributed by atoms with Gasteiger partial charge in [-0.15, -0.1) is 0 Å². The fourth-order valence-corrected chi connectivity index (χ4v) is 1.17. The van der Waals surface area contributed by atoms with Gasteiger partial charge in [-0.2, -0.15) is 0 Å². The van der Waals surface area contributed by atoms with E-state index in [4.69, 9.17) is 5.11 Å². The van der Waals surface area contributed by atoms with Crippen LogP contribution in [0.15, 0.2) is 0 Å². The Morgan fingerprint density at radius 3 is 2.09 bits per heavy atom. The normalized spacial score (nSPS) is 16.9. The van der Waals surface area contributed by atoms with Crippen LogP contribution in [0, 0.1) is 5.92 Å². The summed E-state index contributed by atoms with van der Waals surface area (Å²) in [6, 6.07) is 0.546. The number of aliphatic hydroxyl groups excluding tert-OH is 1. The minimum Gasteiger partial charge on any atom is -0.392 e. The summed E-state index contributed by atoms with van der Waals surface area (Å²) in [6.07, 6.45) is 0.896. The Hall–Kier alpha value is -0.0800. The zero-order valence-corrected chi connectivity index (χ0v) is 8.09. The SMILES string of the molecule is CCC(NC[C@@H](C)O)C(C)C. The highest BCUT2D eigenvalue weighted by molar-refractivity contribution is 4.69. The Morgan fingerprint density at radius 2 is 1.82 bits per heavy atom. The third-order valence-electron chi connectivity index (χ3n) is 1.92. The molecule has 0 aromatic rings. The highest BCUT2D eigenvalue weighted by atomic mass is 16.3. The first-order chi connectivity index (χ1) is 5.07. The molecule has 0 aliphatic heterocycles. The van der Waals surface area contributed by atoms with E-state index in [1.807, 2.05) is 0 Å². The number of rotatable bonds is 5. The van der Waals surface area contributed by atoms with E-state index in [1.165, 1.54) is 0 Å². The van der Waals surface area contributed by atoms with Crippen LogP contribution in [-0.4, -0.2) is 23.8 Å². The molecule has 11 heavy (non-hydrogen) atoms. The Labute approximate surface area is 70.0 Å². The van der Waals surface area contributed by atoms with Crippen molar-refractivity contribution in [2.75, 3.05) is 6.54 Å². The molecular formula is C9H21NO. The first kappa shape index (κ1) is 10.9. The number of nitrogens with one attached hydrogen (secondary N) is 1. The van der Waals surface area contributed by atoms with Gasteiger partial charge < -0.3 is 10.4 Å². The van der Waals surface area contributed by atoms with Crippen molar-refractivity contribution in [2.45, 2.75) is 46.3 Å². The van der Waals surface area contributed by atoms with Gasteiger partial charge in [-0.3, -0.25) is 0 Å². The van der Waals surface area contributed by atoms with Gasteiger partial charge in [-0.25, -0.2) is 0 Å². The van der Waals surface area contributed by atoms with E-state index < -0.39 is 0 Å². The molecule has 68 valence electrons. The molecule has 2 nitrogen and oxygen atoms in total. The van der Waals surface area contributed by atoms with Gasteiger partial charge in [-0.05, 0) is 19.3 Å². The maximum Gasteiger partial charge on any atom is 0.0636 e. The molecule has 0 saturated carbocycles. The first-order valence-electron chi connectivity index (χ1n) is 4.49. The van der Waals surface area contributed by atoms with E-state index in [0.29, 0.717) is 18.5 Å². The topological polar surface area (TPSA) is 32.3 Å². The second kappa shape index (κ2) is 5.56. The predicted molar refractivity (Wildman–Crippen MR) is 48.6 cm³/mol. The minimum absolute atomic E-state index is 0.234. The number of aliphatic hydroxyl groups is 1. The highest BCUT2D eigenvalue weighted by Gasteiger charge is 2.09. The van der Waals surface area contributed by atoms with Gasteiger partial charge in [0.2, 0.25) is 0 Å². The Morgan fingerprint density at radius 1 is 1.27 bits per heavy atom. The summed E-state index contributed by atoms with van der Waals surface area (Å²) in [5, 5.41) is 12.3. The lowest BCUT2D eigenvalue weighted by Gasteiger charge is -2.21. The molecule has 0 bridgehead atoms. The molecule has 2 N–H and O–H groups in total. The molecule has 2 heteroatoms. The average molecular weight is 159 g/mol. The summed E-state index contributed by atoms with van der Waals surface area (Å²) >= 11 is 0. The van der Waals surface area contributed by atoms with Gasteiger partial charge >= 0.3 is 0 Å². The molecule has 0 fully saturated rings. The van der Waals surface area contributed by atoms with Crippen LogP contribution < -0.4 is 5.32 Å². The van der Waals surface area contributed by atoms with Crippen molar-refractivity contribution in [3.63, 3.8) is 0 Å². The number of hydrogen-bond acceptors (Lipinski definition) is 2. The van der Waals surface area contributed by atoms with Crippen LogP contribution in [0.2, 0.25) is 0 Å². The third-order valence-corrected chi connectivity index (χ3v) is 1.92. The van der Waals surface area contributed by atoms with Crippen molar-refractivity contribution in [1.82, 2.24) is 5.32 Å². The molecule has 0 aliphatic carbocycles. The van der Waals surface area contributed by atoms with Crippen molar-refractivity contribution in [2.24, 2.45) is 5.92 Å². The predicted octanol–water partition coefficient (Wildman–Crippen LogP) is 1.39. The largest absolute Gasteiger partial charge is 0.392 e. The number of hydrogen-bond donors (Lipinski definition) is 2. The van der Waals surface area contributed by atoms with Gasteiger partial charge in [0, 0.05) is 12.6 Å². The van der Waals surface area contributed by atoms with E-state index in [0.717, 1.165) is 6.42 Å². The second-order valence-corrected chi connectivity index (χ2v) is 3.52. The zero-order chi connectivity index (χ0) is 8.85. The molecule has 0 rings (SSSR count). The molecule has 0 aliphatic rings. The molecule has 0 heterocycles. The maximum absolute atomic E-state index is 9.02. The molecule has 0 amide bonds. The van der Waals surface area contributed by atoms with Crippen molar-refractivity contribution < 1.29 is 5.11 Å². The summed E-state index contributed by atoms with van der Waals surface area (Å²) in [7, 11) is 0. The Balaban J connectivity index is 3.52. The summed E-state index contributed by atoms with van der Waals surface area (Å²) in [5.74, 6) is 0.652. The van der Waals surface area contributed by atoms with E-state index in [9.17, 15) is 0 Å². The standard InChI is InChI=1S/C9H21NO/c1-5-9(7(2)3)10-6-8(4)11/h7-11H,5-6H2,1-4H3/t8-,9?/m1/s1. The lowest BCUT2D eigenvalue weighted by atomic mass is 10.0. The molecule has 1 unspecified atom stereocenters. The summed E-state index contributed by atoms with van der Waals surface area (Å²) in [4.78, 5) is 0. The Kier molecular flexibility index (Phi) is 5.51. The quantitative estimate of drug-likeness (QED) is 0.635. The van der Waals surface area contributed by atoms with Crippen LogP contribution in [0.3, 0.4) is 0 Å². The van der Waals surface area contributed by atoms with Gasteiger partial charge in [0.1, 0.15) is 0 Å². The van der Waals surface area contributed by atoms with Gasteiger partial charge in [0.25, 0.3) is 0 Å². The lowest BCUT2D eigenvalue weighted by Crippen LogP contribution is -2.37. The monoisotopic (exact) mass is 159 g/mol. The minimum atomic E-state index is -0.234. The van der Waals surface area contributed by atoms with Crippen molar-refractivity contribution in [3.05, 3.63) is 0 Å². The van der Waals surface area contributed by atoms with Crippen LogP contribution in [0.25, 0.3) is 0 Å². The van der Waals surface area contributed by atoms with Crippen molar-refractivity contribution in [3.8, 4) is 0 Å². The van der Waals surface area contributed by atoms with E-state index in [2.05, 4.69) is 26.1 Å². The molecule has 0 spiro atoms. The molecular weight excluding hydrogens is 138 g/mol. The van der Waals surface area contributed by atoms with Crippen molar-refractivity contribution >= 4 is 0 Å². The van der Waals surface area contributed by atoms with Crippen molar-refractivity contribution in [1.29, 1.82) is 0 Å². The van der Waals surface area contributed by atoms with Gasteiger partial charge in [-0.1, -0.05) is 20.8 Å².